The lowest BCUT2D eigenvalue weighted by Gasteiger charge is -2.30. The van der Waals surface area contributed by atoms with Crippen molar-refractivity contribution < 1.29 is 0 Å². The largest absolute Gasteiger partial charge is 0.319 e. The Morgan fingerprint density at radius 2 is 1.93 bits per heavy atom. The molecule has 0 aromatic rings. The Bertz CT molecular complexity index is 153. The summed E-state index contributed by atoms with van der Waals surface area (Å²) in [4.78, 5) is 2.42. The molecule has 15 heavy (non-hydrogen) atoms. The molecular formula is C12H27N3. The van der Waals surface area contributed by atoms with Gasteiger partial charge >= 0.3 is 0 Å². The van der Waals surface area contributed by atoms with Crippen molar-refractivity contribution in [1.82, 2.24) is 15.5 Å². The van der Waals surface area contributed by atoms with Crippen LogP contribution in [0.3, 0.4) is 0 Å². The van der Waals surface area contributed by atoms with Gasteiger partial charge < -0.3 is 15.5 Å². The van der Waals surface area contributed by atoms with E-state index < -0.39 is 0 Å². The molecule has 0 amide bonds. The van der Waals surface area contributed by atoms with Gasteiger partial charge in [-0.05, 0) is 59.0 Å². The topological polar surface area (TPSA) is 27.3 Å². The first kappa shape index (κ1) is 12.9. The first-order valence-electron chi connectivity index (χ1n) is 6.32. The summed E-state index contributed by atoms with van der Waals surface area (Å²) >= 11 is 0. The van der Waals surface area contributed by atoms with Crippen molar-refractivity contribution >= 4 is 0 Å². The molecule has 1 aliphatic heterocycles. The molecule has 0 bridgehead atoms. The molecule has 1 rings (SSSR count). The van der Waals surface area contributed by atoms with Crippen molar-refractivity contribution in [2.24, 2.45) is 5.92 Å². The van der Waals surface area contributed by atoms with E-state index >= 15 is 0 Å². The first-order valence-corrected chi connectivity index (χ1v) is 6.32. The standard InChI is InChI=1S/C12H27N3/c1-4-11(9-13-2)10-14-12-5-7-15(3)8-6-12/h11-14H,4-10H2,1-3H3. The Balaban J connectivity index is 2.12. The van der Waals surface area contributed by atoms with Gasteiger partial charge in [0.05, 0.1) is 0 Å². The maximum Gasteiger partial charge on any atom is 0.00915 e. The highest BCUT2D eigenvalue weighted by Crippen LogP contribution is 2.09. The summed E-state index contributed by atoms with van der Waals surface area (Å²) in [6, 6.07) is 0.757. The van der Waals surface area contributed by atoms with Crippen LogP contribution in [0, 0.1) is 5.92 Å². The highest BCUT2D eigenvalue weighted by Gasteiger charge is 2.16. The van der Waals surface area contributed by atoms with Crippen LogP contribution in [-0.2, 0) is 0 Å². The van der Waals surface area contributed by atoms with E-state index in [0.717, 1.165) is 18.5 Å². The van der Waals surface area contributed by atoms with Crippen LogP contribution in [0.25, 0.3) is 0 Å². The lowest BCUT2D eigenvalue weighted by atomic mass is 10.0. The Labute approximate surface area is 94.6 Å². The van der Waals surface area contributed by atoms with Gasteiger partial charge in [-0.2, -0.15) is 0 Å². The van der Waals surface area contributed by atoms with E-state index in [-0.39, 0.29) is 0 Å². The third-order valence-corrected chi connectivity index (χ3v) is 3.48. The number of rotatable bonds is 6. The zero-order valence-electron chi connectivity index (χ0n) is 10.6. The predicted octanol–water partition coefficient (Wildman–Crippen LogP) is 0.916. The average Bonchev–Trinajstić information content (AvgIpc) is 2.26. The fourth-order valence-corrected chi connectivity index (χ4v) is 2.20. The summed E-state index contributed by atoms with van der Waals surface area (Å²) in [6.07, 6.45) is 3.89. The van der Waals surface area contributed by atoms with Crippen LogP contribution >= 0.6 is 0 Å². The minimum Gasteiger partial charge on any atom is -0.319 e. The average molecular weight is 213 g/mol. The highest BCUT2D eigenvalue weighted by molar-refractivity contribution is 4.76. The maximum atomic E-state index is 3.71. The van der Waals surface area contributed by atoms with Crippen LogP contribution in [0.5, 0.6) is 0 Å². The first-order chi connectivity index (χ1) is 7.26. The Morgan fingerprint density at radius 1 is 1.27 bits per heavy atom. The molecule has 0 aromatic heterocycles. The smallest absolute Gasteiger partial charge is 0.00915 e. The summed E-state index contributed by atoms with van der Waals surface area (Å²) < 4.78 is 0. The van der Waals surface area contributed by atoms with E-state index in [1.54, 1.807) is 0 Å². The summed E-state index contributed by atoms with van der Waals surface area (Å²) in [5.74, 6) is 0.787. The predicted molar refractivity (Wildman–Crippen MR) is 66.2 cm³/mol. The van der Waals surface area contributed by atoms with Gasteiger partial charge in [-0.25, -0.2) is 0 Å². The van der Waals surface area contributed by atoms with E-state index in [0.29, 0.717) is 0 Å². The van der Waals surface area contributed by atoms with Gasteiger partial charge in [-0.15, -0.1) is 0 Å². The molecule has 0 spiro atoms. The van der Waals surface area contributed by atoms with Gasteiger partial charge in [0, 0.05) is 6.04 Å². The molecule has 1 fully saturated rings. The van der Waals surface area contributed by atoms with Crippen molar-refractivity contribution in [1.29, 1.82) is 0 Å². The monoisotopic (exact) mass is 213 g/mol. The van der Waals surface area contributed by atoms with E-state index in [9.17, 15) is 0 Å². The Kier molecular flexibility index (Phi) is 6.22. The second-order valence-electron chi connectivity index (χ2n) is 4.82. The van der Waals surface area contributed by atoms with Crippen molar-refractivity contribution in [3.63, 3.8) is 0 Å². The molecular weight excluding hydrogens is 186 g/mol. The van der Waals surface area contributed by atoms with Gasteiger partial charge in [0.1, 0.15) is 0 Å². The normalized spacial score (nSPS) is 21.8. The van der Waals surface area contributed by atoms with Crippen molar-refractivity contribution in [2.45, 2.75) is 32.2 Å². The van der Waals surface area contributed by atoms with Gasteiger partial charge in [0.2, 0.25) is 0 Å². The van der Waals surface area contributed by atoms with Gasteiger partial charge in [0.15, 0.2) is 0 Å². The minimum absolute atomic E-state index is 0.757. The van der Waals surface area contributed by atoms with Crippen LogP contribution < -0.4 is 10.6 Å². The van der Waals surface area contributed by atoms with Crippen LogP contribution in [0.4, 0.5) is 0 Å². The zero-order chi connectivity index (χ0) is 11.1. The fraction of sp³-hybridized carbons (Fsp3) is 1.00. The van der Waals surface area contributed by atoms with E-state index in [1.165, 1.54) is 38.9 Å². The number of hydrogen-bond acceptors (Lipinski definition) is 3. The molecule has 0 aliphatic carbocycles. The third kappa shape index (κ3) is 4.96. The lowest BCUT2D eigenvalue weighted by molar-refractivity contribution is 0.229. The van der Waals surface area contributed by atoms with Crippen molar-refractivity contribution in [2.75, 3.05) is 40.3 Å². The SMILES string of the molecule is CCC(CNC)CNC1CCN(C)CC1. The lowest BCUT2D eigenvalue weighted by Crippen LogP contribution is -2.43. The molecule has 1 aliphatic rings. The van der Waals surface area contributed by atoms with Gasteiger partial charge in [0.25, 0.3) is 0 Å². The molecule has 90 valence electrons. The van der Waals surface area contributed by atoms with Crippen molar-refractivity contribution in [3.8, 4) is 0 Å². The molecule has 1 saturated heterocycles. The highest BCUT2D eigenvalue weighted by atomic mass is 15.1. The molecule has 0 saturated carbocycles. The molecule has 3 nitrogen and oxygen atoms in total. The second-order valence-corrected chi connectivity index (χ2v) is 4.82. The third-order valence-electron chi connectivity index (χ3n) is 3.48. The number of hydrogen-bond donors (Lipinski definition) is 2. The molecule has 2 N–H and O–H groups in total. The molecule has 0 aromatic carbocycles. The second kappa shape index (κ2) is 7.20. The summed E-state index contributed by atoms with van der Waals surface area (Å²) in [7, 11) is 4.25. The number of nitrogens with zero attached hydrogens (tertiary/aromatic N) is 1. The van der Waals surface area contributed by atoms with Crippen LogP contribution in [0.1, 0.15) is 26.2 Å². The maximum absolute atomic E-state index is 3.71. The minimum atomic E-state index is 0.757. The summed E-state index contributed by atoms with van der Waals surface area (Å²) in [6.45, 7) is 7.08. The van der Waals surface area contributed by atoms with E-state index in [4.69, 9.17) is 0 Å². The van der Waals surface area contributed by atoms with Crippen LogP contribution in [0.2, 0.25) is 0 Å². The van der Waals surface area contributed by atoms with Crippen LogP contribution in [0.15, 0.2) is 0 Å². The summed E-state index contributed by atoms with van der Waals surface area (Å²) in [5, 5.41) is 6.98. The fourth-order valence-electron chi connectivity index (χ4n) is 2.20. The van der Waals surface area contributed by atoms with Gasteiger partial charge in [-0.3, -0.25) is 0 Å². The number of piperidine rings is 1. The van der Waals surface area contributed by atoms with Crippen LogP contribution in [-0.4, -0.2) is 51.2 Å². The number of likely N-dealkylation sites (tertiary alicyclic amines) is 1. The van der Waals surface area contributed by atoms with Crippen molar-refractivity contribution in [3.05, 3.63) is 0 Å². The summed E-state index contributed by atoms with van der Waals surface area (Å²) in [5.41, 5.74) is 0. The zero-order valence-corrected chi connectivity index (χ0v) is 10.6. The Morgan fingerprint density at radius 3 is 2.47 bits per heavy atom. The molecule has 1 heterocycles. The number of nitrogens with one attached hydrogen (secondary N) is 2. The molecule has 1 atom stereocenters. The molecule has 3 heteroatoms. The van der Waals surface area contributed by atoms with E-state index in [2.05, 4.69) is 29.5 Å². The van der Waals surface area contributed by atoms with Gasteiger partial charge in [-0.1, -0.05) is 13.3 Å². The molecule has 1 unspecified atom stereocenters. The van der Waals surface area contributed by atoms with E-state index in [1.807, 2.05) is 7.05 Å². The quantitative estimate of drug-likeness (QED) is 0.687. The molecule has 0 radical (unpaired) electrons. The Hall–Kier alpha value is -0.120.